The number of Topliss-reactive ketones (excluding diaryl/α,β-unsaturated/α-hetero) is 1. The quantitative estimate of drug-likeness (QED) is 0.188. The Morgan fingerprint density at radius 2 is 1.26 bits per heavy atom. The number of aromatic nitrogens is 4. The third kappa shape index (κ3) is 6.33. The summed E-state index contributed by atoms with van der Waals surface area (Å²) in [6, 6.07) is 9.53. The maximum absolute atomic E-state index is 12.6. The highest BCUT2D eigenvalue weighted by Gasteiger charge is 2.17. The summed E-state index contributed by atoms with van der Waals surface area (Å²) in [4.78, 5) is 26.4. The lowest BCUT2D eigenvalue weighted by Gasteiger charge is -2.16. The van der Waals surface area contributed by atoms with E-state index in [1.807, 2.05) is 60.1 Å². The first-order chi connectivity index (χ1) is 16.7. The molecule has 0 aliphatic rings. The number of hydrogen-bond acceptors (Lipinski definition) is 5. The molecule has 4 aromatic heterocycles. The first-order valence-electron chi connectivity index (χ1n) is 12.3. The molecule has 4 heterocycles. The Morgan fingerprint density at radius 3 is 1.65 bits per heavy atom. The standard InChI is InChI=1S/C27H34N4OS2/c1-3-5-24(30-17-15-28-19-30)26-13-11-22(33-26)9-7-21(32)8-10-23-12-14-27(34-23)25(6-4-2)31-18-16-29-20-31/h11-20,24-25H,3-10H2,1-2H3. The Kier molecular flexibility index (Phi) is 8.88. The molecule has 0 aliphatic carbocycles. The molecule has 0 aliphatic heterocycles. The summed E-state index contributed by atoms with van der Waals surface area (Å²) >= 11 is 3.68. The van der Waals surface area contributed by atoms with E-state index in [0.29, 0.717) is 30.7 Å². The predicted octanol–water partition coefficient (Wildman–Crippen LogP) is 7.12. The maximum Gasteiger partial charge on any atom is 0.133 e. The van der Waals surface area contributed by atoms with E-state index >= 15 is 0 Å². The van der Waals surface area contributed by atoms with Crippen molar-refractivity contribution < 1.29 is 4.79 Å². The van der Waals surface area contributed by atoms with Gasteiger partial charge >= 0.3 is 0 Å². The van der Waals surface area contributed by atoms with Crippen LogP contribution in [0.25, 0.3) is 0 Å². The van der Waals surface area contributed by atoms with Crippen molar-refractivity contribution in [1.29, 1.82) is 0 Å². The van der Waals surface area contributed by atoms with E-state index in [1.165, 1.54) is 19.5 Å². The van der Waals surface area contributed by atoms with Crippen LogP contribution in [0.3, 0.4) is 0 Å². The van der Waals surface area contributed by atoms with Gasteiger partial charge in [0, 0.05) is 57.1 Å². The van der Waals surface area contributed by atoms with Gasteiger partial charge in [-0.3, -0.25) is 4.79 Å². The van der Waals surface area contributed by atoms with Gasteiger partial charge in [0.1, 0.15) is 5.78 Å². The van der Waals surface area contributed by atoms with Crippen molar-refractivity contribution in [2.45, 2.75) is 77.3 Å². The number of hydrogen-bond donors (Lipinski definition) is 0. The largest absolute Gasteiger partial charge is 0.329 e. The van der Waals surface area contributed by atoms with Crippen LogP contribution in [-0.4, -0.2) is 24.9 Å². The van der Waals surface area contributed by atoms with E-state index < -0.39 is 0 Å². The number of aryl methyl sites for hydroxylation is 2. The Bertz CT molecular complexity index is 1040. The van der Waals surface area contributed by atoms with Gasteiger partial charge in [-0.25, -0.2) is 9.97 Å². The predicted molar refractivity (Wildman–Crippen MR) is 141 cm³/mol. The Morgan fingerprint density at radius 1 is 0.794 bits per heavy atom. The van der Waals surface area contributed by atoms with Crippen LogP contribution < -0.4 is 0 Å². The monoisotopic (exact) mass is 494 g/mol. The third-order valence-corrected chi connectivity index (χ3v) is 8.71. The molecule has 0 amide bonds. The second kappa shape index (κ2) is 12.3. The van der Waals surface area contributed by atoms with E-state index in [4.69, 9.17) is 0 Å². The molecule has 2 unspecified atom stereocenters. The number of imidazole rings is 2. The molecule has 0 bridgehead atoms. The van der Waals surface area contributed by atoms with E-state index in [0.717, 1.165) is 38.5 Å². The van der Waals surface area contributed by atoms with Gasteiger partial charge < -0.3 is 9.13 Å². The molecule has 5 nitrogen and oxygen atoms in total. The van der Waals surface area contributed by atoms with Crippen molar-refractivity contribution in [3.8, 4) is 0 Å². The molecule has 0 fully saturated rings. The number of nitrogens with zero attached hydrogens (tertiary/aromatic N) is 4. The summed E-state index contributed by atoms with van der Waals surface area (Å²) in [5, 5.41) is 0. The van der Waals surface area contributed by atoms with Crippen LogP contribution in [0.5, 0.6) is 0 Å². The lowest BCUT2D eigenvalue weighted by Crippen LogP contribution is -2.06. The first-order valence-corrected chi connectivity index (χ1v) is 13.9. The molecule has 0 radical (unpaired) electrons. The Labute approximate surface area is 210 Å². The zero-order valence-electron chi connectivity index (χ0n) is 20.1. The summed E-state index contributed by atoms with van der Waals surface area (Å²) in [6.07, 6.45) is 18.9. The van der Waals surface area contributed by atoms with E-state index in [9.17, 15) is 4.79 Å². The minimum absolute atomic E-state index is 0.342. The lowest BCUT2D eigenvalue weighted by atomic mass is 10.1. The fourth-order valence-electron chi connectivity index (χ4n) is 4.40. The van der Waals surface area contributed by atoms with Gasteiger partial charge in [0.05, 0.1) is 24.7 Å². The van der Waals surface area contributed by atoms with E-state index in [2.05, 4.69) is 57.2 Å². The zero-order valence-corrected chi connectivity index (χ0v) is 21.7. The fraction of sp³-hybridized carbons (Fsp3) is 0.444. The van der Waals surface area contributed by atoms with Crippen molar-refractivity contribution in [3.63, 3.8) is 0 Å². The van der Waals surface area contributed by atoms with Crippen molar-refractivity contribution in [2.24, 2.45) is 0 Å². The molecule has 0 saturated heterocycles. The maximum atomic E-state index is 12.6. The Hall–Kier alpha value is -2.51. The molecule has 0 spiro atoms. The molecule has 34 heavy (non-hydrogen) atoms. The number of thiophene rings is 2. The number of carbonyl (C=O) groups is 1. The summed E-state index contributed by atoms with van der Waals surface area (Å²) in [5.41, 5.74) is 0. The van der Waals surface area contributed by atoms with Gasteiger partial charge in [-0.1, -0.05) is 26.7 Å². The number of rotatable bonds is 14. The van der Waals surface area contributed by atoms with Crippen LogP contribution in [-0.2, 0) is 17.6 Å². The van der Waals surface area contributed by atoms with Crippen molar-refractivity contribution in [3.05, 3.63) is 81.2 Å². The minimum atomic E-state index is 0.342. The molecule has 2 atom stereocenters. The molecule has 0 N–H and O–H groups in total. The second-order valence-corrected chi connectivity index (χ2v) is 11.2. The molecule has 4 rings (SSSR count). The number of ketones is 1. The van der Waals surface area contributed by atoms with Crippen molar-refractivity contribution >= 4 is 28.5 Å². The number of carbonyl (C=O) groups excluding carboxylic acids is 1. The zero-order chi connectivity index (χ0) is 23.8. The normalized spacial score (nSPS) is 13.2. The lowest BCUT2D eigenvalue weighted by molar-refractivity contribution is -0.119. The van der Waals surface area contributed by atoms with Crippen LogP contribution in [0.4, 0.5) is 0 Å². The van der Waals surface area contributed by atoms with Gasteiger partial charge in [0.2, 0.25) is 0 Å². The van der Waals surface area contributed by atoms with Crippen molar-refractivity contribution in [2.75, 3.05) is 0 Å². The van der Waals surface area contributed by atoms with Gasteiger partial charge in [0.15, 0.2) is 0 Å². The summed E-state index contributed by atoms with van der Waals surface area (Å²) in [7, 11) is 0. The van der Waals surface area contributed by atoms with Crippen LogP contribution >= 0.6 is 22.7 Å². The summed E-state index contributed by atoms with van der Waals surface area (Å²) in [5.74, 6) is 0.351. The topological polar surface area (TPSA) is 52.7 Å². The average Bonchev–Trinajstić information content (AvgIpc) is 3.66. The Balaban J connectivity index is 1.28. The summed E-state index contributed by atoms with van der Waals surface area (Å²) in [6.45, 7) is 4.44. The van der Waals surface area contributed by atoms with Crippen molar-refractivity contribution in [1.82, 2.24) is 19.1 Å². The highest BCUT2D eigenvalue weighted by atomic mass is 32.1. The molecule has 7 heteroatoms. The molecule has 0 saturated carbocycles. The highest BCUT2D eigenvalue weighted by Crippen LogP contribution is 2.32. The molecule has 0 aromatic carbocycles. The fourth-order valence-corrected chi connectivity index (χ4v) is 6.71. The molecular weight excluding hydrogens is 460 g/mol. The van der Waals surface area contributed by atoms with Gasteiger partial charge in [-0.2, -0.15) is 0 Å². The average molecular weight is 495 g/mol. The van der Waals surface area contributed by atoms with Crippen LogP contribution in [0.2, 0.25) is 0 Å². The second-order valence-electron chi connectivity index (χ2n) is 8.78. The van der Waals surface area contributed by atoms with E-state index in [-0.39, 0.29) is 0 Å². The van der Waals surface area contributed by atoms with Crippen LogP contribution in [0.15, 0.2) is 61.7 Å². The first kappa shape index (κ1) is 24.6. The summed E-state index contributed by atoms with van der Waals surface area (Å²) < 4.78 is 4.38. The van der Waals surface area contributed by atoms with Gasteiger partial charge in [0.25, 0.3) is 0 Å². The van der Waals surface area contributed by atoms with Crippen LogP contribution in [0.1, 0.15) is 84.0 Å². The minimum Gasteiger partial charge on any atom is -0.329 e. The SMILES string of the molecule is CCCC(c1ccc(CCC(=O)CCc2ccc(C(CCC)n3ccnc3)s2)s1)n1ccnc1. The smallest absolute Gasteiger partial charge is 0.133 e. The van der Waals surface area contributed by atoms with E-state index in [1.54, 1.807) is 0 Å². The van der Waals surface area contributed by atoms with Crippen LogP contribution in [0, 0.1) is 0 Å². The third-order valence-electron chi connectivity index (χ3n) is 6.22. The highest BCUT2D eigenvalue weighted by molar-refractivity contribution is 7.12. The van der Waals surface area contributed by atoms with Gasteiger partial charge in [-0.05, 0) is 49.9 Å². The molecule has 180 valence electrons. The van der Waals surface area contributed by atoms with Gasteiger partial charge in [-0.15, -0.1) is 22.7 Å². The molecular formula is C27H34N4OS2. The molecule has 4 aromatic rings.